The van der Waals surface area contributed by atoms with Crippen LogP contribution in [0.5, 0.6) is 0 Å². The number of rotatable bonds is 5. The van der Waals surface area contributed by atoms with Gasteiger partial charge in [0.2, 0.25) is 0 Å². The number of carbonyl (C=O) groups is 1. The van der Waals surface area contributed by atoms with Gasteiger partial charge in [-0.2, -0.15) is 24.9 Å². The second-order valence-corrected chi connectivity index (χ2v) is 7.46. The van der Waals surface area contributed by atoms with Crippen molar-refractivity contribution in [2.24, 2.45) is 0 Å². The molecule has 0 aliphatic carbocycles. The highest BCUT2D eigenvalue weighted by Gasteiger charge is 2.32. The summed E-state index contributed by atoms with van der Waals surface area (Å²) in [6, 6.07) is 0.0956. The molecule has 0 bridgehead atoms. The van der Waals surface area contributed by atoms with Crippen molar-refractivity contribution in [2.75, 3.05) is 18.1 Å². The maximum Gasteiger partial charge on any atom is 0.410 e. The van der Waals surface area contributed by atoms with E-state index < -0.39 is 18.2 Å². The molecule has 1 heterocycles. The predicted octanol–water partition coefficient (Wildman–Crippen LogP) is 4.46. The van der Waals surface area contributed by atoms with Crippen molar-refractivity contribution >= 4 is 17.9 Å². The molecule has 124 valence electrons. The topological polar surface area (TPSA) is 29.5 Å². The van der Waals surface area contributed by atoms with Gasteiger partial charge >= 0.3 is 12.3 Å². The standard InChI is InChI=1S/C14H24F3NO2S/c1-13(2,3)20-12(19)18-8-4-5-11(18)6-9-21-10-7-14(15,16)17/h11H,4-10H2,1-3H3. The van der Waals surface area contributed by atoms with E-state index in [0.29, 0.717) is 12.3 Å². The van der Waals surface area contributed by atoms with Gasteiger partial charge in [-0.3, -0.25) is 0 Å². The lowest BCUT2D eigenvalue weighted by molar-refractivity contribution is -0.129. The molecule has 1 aliphatic rings. The Bertz CT molecular complexity index is 342. The molecule has 1 rings (SSSR count). The number of likely N-dealkylation sites (tertiary alicyclic amines) is 1. The summed E-state index contributed by atoms with van der Waals surface area (Å²) in [7, 11) is 0. The minimum atomic E-state index is -4.08. The van der Waals surface area contributed by atoms with Gasteiger partial charge in [0.25, 0.3) is 0 Å². The van der Waals surface area contributed by atoms with Gasteiger partial charge in [-0.25, -0.2) is 4.79 Å². The van der Waals surface area contributed by atoms with E-state index in [0.717, 1.165) is 19.3 Å². The van der Waals surface area contributed by atoms with Crippen molar-refractivity contribution < 1.29 is 22.7 Å². The van der Waals surface area contributed by atoms with Gasteiger partial charge in [0, 0.05) is 18.3 Å². The molecule has 0 N–H and O–H groups in total. The minimum Gasteiger partial charge on any atom is -0.444 e. The Morgan fingerprint density at radius 3 is 2.52 bits per heavy atom. The monoisotopic (exact) mass is 327 g/mol. The number of ether oxygens (including phenoxy) is 1. The highest BCUT2D eigenvalue weighted by atomic mass is 32.2. The van der Waals surface area contributed by atoms with Crippen molar-refractivity contribution in [3.05, 3.63) is 0 Å². The summed E-state index contributed by atoms with van der Waals surface area (Å²) < 4.78 is 41.4. The second-order valence-electron chi connectivity index (χ2n) is 6.24. The van der Waals surface area contributed by atoms with Crippen LogP contribution >= 0.6 is 11.8 Å². The van der Waals surface area contributed by atoms with E-state index in [4.69, 9.17) is 4.74 Å². The van der Waals surface area contributed by atoms with E-state index in [2.05, 4.69) is 0 Å². The highest BCUT2D eigenvalue weighted by molar-refractivity contribution is 7.99. The SMILES string of the molecule is CC(C)(C)OC(=O)N1CCCC1CCSCCC(F)(F)F. The van der Waals surface area contributed by atoms with E-state index in [-0.39, 0.29) is 17.9 Å². The van der Waals surface area contributed by atoms with Crippen LogP contribution in [0.1, 0.15) is 46.5 Å². The molecule has 3 nitrogen and oxygen atoms in total. The summed E-state index contributed by atoms with van der Waals surface area (Å²) in [5.41, 5.74) is -0.522. The fourth-order valence-corrected chi connectivity index (χ4v) is 3.22. The van der Waals surface area contributed by atoms with Gasteiger partial charge in [0.05, 0.1) is 6.42 Å². The summed E-state index contributed by atoms with van der Waals surface area (Å²) >= 11 is 1.30. The summed E-state index contributed by atoms with van der Waals surface area (Å²) in [4.78, 5) is 13.8. The van der Waals surface area contributed by atoms with Crippen LogP contribution in [-0.4, -0.2) is 46.9 Å². The van der Waals surface area contributed by atoms with Crippen LogP contribution in [0.4, 0.5) is 18.0 Å². The molecule has 0 aromatic rings. The Hall–Kier alpha value is -0.590. The number of halogens is 3. The lowest BCUT2D eigenvalue weighted by atomic mass is 10.2. The number of nitrogens with zero attached hydrogens (tertiary/aromatic N) is 1. The van der Waals surface area contributed by atoms with Crippen molar-refractivity contribution in [3.63, 3.8) is 0 Å². The Kier molecular flexibility index (Phi) is 6.69. The first-order valence-corrected chi connectivity index (χ1v) is 8.38. The molecular formula is C14H24F3NO2S. The Labute approximate surface area is 128 Å². The zero-order valence-electron chi connectivity index (χ0n) is 12.8. The second kappa shape index (κ2) is 7.61. The largest absolute Gasteiger partial charge is 0.444 e. The first-order valence-electron chi connectivity index (χ1n) is 7.22. The molecule has 1 aliphatic heterocycles. The molecule has 7 heteroatoms. The number of thioether (sulfide) groups is 1. The average molecular weight is 327 g/mol. The molecule has 1 unspecified atom stereocenters. The fourth-order valence-electron chi connectivity index (χ4n) is 2.21. The normalized spacial score (nSPS) is 19.9. The molecule has 0 spiro atoms. The summed E-state index contributed by atoms with van der Waals surface area (Å²) in [6.45, 7) is 6.14. The van der Waals surface area contributed by atoms with Crippen LogP contribution in [0.15, 0.2) is 0 Å². The molecule has 1 atom stereocenters. The van der Waals surface area contributed by atoms with Crippen LogP contribution in [0.3, 0.4) is 0 Å². The van der Waals surface area contributed by atoms with E-state index in [1.165, 1.54) is 11.8 Å². The Balaban J connectivity index is 2.29. The van der Waals surface area contributed by atoms with Crippen LogP contribution in [0, 0.1) is 0 Å². The van der Waals surface area contributed by atoms with E-state index >= 15 is 0 Å². The van der Waals surface area contributed by atoms with Gasteiger partial charge in [0.1, 0.15) is 5.60 Å². The van der Waals surface area contributed by atoms with Gasteiger partial charge in [-0.15, -0.1) is 0 Å². The van der Waals surface area contributed by atoms with Gasteiger partial charge in [0.15, 0.2) is 0 Å². The van der Waals surface area contributed by atoms with Crippen LogP contribution < -0.4 is 0 Å². The molecule has 1 fully saturated rings. The molecule has 21 heavy (non-hydrogen) atoms. The number of alkyl halides is 3. The number of hydrogen-bond donors (Lipinski definition) is 0. The summed E-state index contributed by atoms with van der Waals surface area (Å²) in [5.74, 6) is 0.725. The van der Waals surface area contributed by atoms with E-state index in [1.807, 2.05) is 20.8 Å². The van der Waals surface area contributed by atoms with Crippen LogP contribution in [0.25, 0.3) is 0 Å². The predicted molar refractivity (Wildman–Crippen MR) is 78.6 cm³/mol. The lowest BCUT2D eigenvalue weighted by Gasteiger charge is -2.28. The van der Waals surface area contributed by atoms with Gasteiger partial charge in [-0.1, -0.05) is 0 Å². The number of hydrogen-bond acceptors (Lipinski definition) is 3. The van der Waals surface area contributed by atoms with Crippen LogP contribution in [0.2, 0.25) is 0 Å². The molecular weight excluding hydrogens is 303 g/mol. The summed E-state index contributed by atoms with van der Waals surface area (Å²) in [5, 5.41) is 0. The molecule has 1 saturated heterocycles. The van der Waals surface area contributed by atoms with E-state index in [9.17, 15) is 18.0 Å². The van der Waals surface area contributed by atoms with Crippen molar-refractivity contribution in [1.82, 2.24) is 4.90 Å². The minimum absolute atomic E-state index is 0.0860. The summed E-state index contributed by atoms with van der Waals surface area (Å²) in [6.07, 6.45) is -2.59. The fraction of sp³-hybridized carbons (Fsp3) is 0.929. The van der Waals surface area contributed by atoms with Crippen molar-refractivity contribution in [2.45, 2.75) is 64.3 Å². The number of amides is 1. The van der Waals surface area contributed by atoms with E-state index in [1.54, 1.807) is 4.90 Å². The maximum absolute atomic E-state index is 12.0. The zero-order chi connectivity index (χ0) is 16.1. The first kappa shape index (κ1) is 18.5. The average Bonchev–Trinajstić information content (AvgIpc) is 2.73. The van der Waals surface area contributed by atoms with Crippen LogP contribution in [-0.2, 0) is 4.74 Å². The molecule has 0 saturated carbocycles. The molecule has 0 aromatic carbocycles. The van der Waals surface area contributed by atoms with Gasteiger partial charge in [-0.05, 0) is 45.8 Å². The molecule has 1 amide bonds. The Morgan fingerprint density at radius 2 is 1.95 bits per heavy atom. The molecule has 0 radical (unpaired) electrons. The zero-order valence-corrected chi connectivity index (χ0v) is 13.6. The van der Waals surface area contributed by atoms with Gasteiger partial charge < -0.3 is 9.64 Å². The van der Waals surface area contributed by atoms with Crippen molar-refractivity contribution in [3.8, 4) is 0 Å². The number of carbonyl (C=O) groups excluding carboxylic acids is 1. The lowest BCUT2D eigenvalue weighted by Crippen LogP contribution is -2.40. The third-order valence-corrected chi connectivity index (χ3v) is 4.15. The quantitative estimate of drug-likeness (QED) is 0.698. The Morgan fingerprint density at radius 1 is 1.29 bits per heavy atom. The third-order valence-electron chi connectivity index (χ3n) is 3.13. The maximum atomic E-state index is 12.0. The highest BCUT2D eigenvalue weighted by Crippen LogP contribution is 2.26. The first-order chi connectivity index (χ1) is 9.58. The third kappa shape index (κ3) is 7.83. The van der Waals surface area contributed by atoms with Crippen molar-refractivity contribution in [1.29, 1.82) is 0 Å². The smallest absolute Gasteiger partial charge is 0.410 e. The molecule has 0 aromatic heterocycles.